The topological polar surface area (TPSA) is 121 Å². The Bertz CT molecular complexity index is 1510. The van der Waals surface area contributed by atoms with Crippen LogP contribution in [0.25, 0.3) is 0 Å². The number of sulfonamides is 2. The monoisotopic (exact) mass is 524 g/mol. The summed E-state index contributed by atoms with van der Waals surface area (Å²) in [6.45, 7) is 0.0718. The number of aromatic carboxylic acids is 1. The first kappa shape index (κ1) is 24.0. The molecule has 1 heterocycles. The number of nitrogens with one attached hydrogen (secondary N) is 1. The Hall–Kier alpha value is -3.15. The largest absolute Gasteiger partial charge is 0.478 e. The van der Waals surface area contributed by atoms with Gasteiger partial charge in [0.15, 0.2) is 5.82 Å². The summed E-state index contributed by atoms with van der Waals surface area (Å²) in [5, 5.41) is 9.09. The molecule has 12 heteroatoms. The second kappa shape index (κ2) is 8.90. The maximum Gasteiger partial charge on any atom is 0.337 e. The van der Waals surface area contributed by atoms with Gasteiger partial charge in [-0.3, -0.25) is 9.03 Å². The average Bonchev–Trinajstić information content (AvgIpc) is 2.80. The van der Waals surface area contributed by atoms with Gasteiger partial charge in [0.1, 0.15) is 9.79 Å². The highest BCUT2D eigenvalue weighted by Gasteiger charge is 2.32. The molecule has 1 aliphatic rings. The fourth-order valence-corrected chi connectivity index (χ4v) is 6.84. The molecule has 0 saturated heterocycles. The second-order valence-corrected chi connectivity index (χ2v) is 11.4. The number of rotatable bonds is 6. The van der Waals surface area contributed by atoms with Gasteiger partial charge in [-0.05, 0) is 54.8 Å². The van der Waals surface area contributed by atoms with Crippen molar-refractivity contribution in [2.45, 2.75) is 22.6 Å². The highest BCUT2D eigenvalue weighted by atomic mass is 35.5. The predicted molar refractivity (Wildman–Crippen MR) is 125 cm³/mol. The maximum absolute atomic E-state index is 14.3. The number of aryl methyl sites for hydroxylation is 1. The van der Waals surface area contributed by atoms with Gasteiger partial charge >= 0.3 is 5.97 Å². The molecule has 0 bridgehead atoms. The van der Waals surface area contributed by atoms with Crippen LogP contribution in [0.2, 0.25) is 5.02 Å². The third kappa shape index (κ3) is 4.33. The minimum Gasteiger partial charge on any atom is -0.478 e. The average molecular weight is 525 g/mol. The third-order valence-corrected chi connectivity index (χ3v) is 8.87. The zero-order valence-corrected chi connectivity index (χ0v) is 19.8. The van der Waals surface area contributed by atoms with E-state index in [-0.39, 0.29) is 33.4 Å². The molecule has 3 aromatic carbocycles. The summed E-state index contributed by atoms with van der Waals surface area (Å²) in [6.07, 6.45) is 1.03. The molecule has 0 fully saturated rings. The van der Waals surface area contributed by atoms with Crippen molar-refractivity contribution in [3.8, 4) is 0 Å². The van der Waals surface area contributed by atoms with Crippen LogP contribution in [0.5, 0.6) is 0 Å². The Labute approximate surface area is 200 Å². The van der Waals surface area contributed by atoms with E-state index in [2.05, 4.69) is 4.72 Å². The van der Waals surface area contributed by atoms with Crippen LogP contribution in [-0.4, -0.2) is 34.5 Å². The van der Waals surface area contributed by atoms with E-state index >= 15 is 0 Å². The summed E-state index contributed by atoms with van der Waals surface area (Å²) in [7, 11) is -8.65. The van der Waals surface area contributed by atoms with E-state index in [1.165, 1.54) is 48.5 Å². The van der Waals surface area contributed by atoms with Gasteiger partial charge < -0.3 is 5.11 Å². The Morgan fingerprint density at radius 2 is 1.71 bits per heavy atom. The molecule has 0 atom stereocenters. The van der Waals surface area contributed by atoms with Gasteiger partial charge in [-0.25, -0.2) is 26.0 Å². The number of hydrogen-bond acceptors (Lipinski definition) is 5. The summed E-state index contributed by atoms with van der Waals surface area (Å²) in [4.78, 5) is 10.6. The molecule has 0 unspecified atom stereocenters. The first-order valence-electron chi connectivity index (χ1n) is 9.97. The van der Waals surface area contributed by atoms with Crippen LogP contribution >= 0.6 is 11.6 Å². The SMILES string of the molecule is O=C(O)c1ccccc1S(=O)(=O)N1CCCc2ccc(NS(=O)(=O)c3cccc(Cl)c3F)cc21. The molecule has 3 aromatic rings. The Morgan fingerprint density at radius 1 is 1.00 bits per heavy atom. The minimum absolute atomic E-state index is 0.00625. The van der Waals surface area contributed by atoms with Gasteiger partial charge in [0.25, 0.3) is 20.0 Å². The normalized spacial score (nSPS) is 13.9. The summed E-state index contributed by atoms with van der Waals surface area (Å²) < 4.78 is 70.0. The second-order valence-electron chi connectivity index (χ2n) is 7.48. The Morgan fingerprint density at radius 3 is 2.44 bits per heavy atom. The lowest BCUT2D eigenvalue weighted by molar-refractivity contribution is 0.0692. The van der Waals surface area contributed by atoms with E-state index in [0.717, 1.165) is 10.4 Å². The van der Waals surface area contributed by atoms with Crippen LogP contribution in [0.4, 0.5) is 15.8 Å². The number of carboxylic acids is 1. The first-order valence-corrected chi connectivity index (χ1v) is 13.3. The molecule has 0 aliphatic carbocycles. The number of nitrogens with zero attached hydrogens (tertiary/aromatic N) is 1. The molecule has 178 valence electrons. The van der Waals surface area contributed by atoms with Crippen LogP contribution in [0.15, 0.2) is 70.5 Å². The standard InChI is InChI=1S/C22H18ClFN2O6S2/c23-17-7-3-9-20(21(17)24)33(29,30)25-15-11-10-14-5-4-12-26(18(14)13-15)34(31,32)19-8-2-1-6-16(19)22(27)28/h1-3,6-11,13,25H,4-5,12H2,(H,27,28). The number of carbonyl (C=O) groups is 1. The molecule has 34 heavy (non-hydrogen) atoms. The molecule has 2 N–H and O–H groups in total. The van der Waals surface area contributed by atoms with Crippen LogP contribution in [-0.2, 0) is 26.5 Å². The lowest BCUT2D eigenvalue weighted by Crippen LogP contribution is -2.36. The quantitative estimate of drug-likeness (QED) is 0.500. The molecule has 0 saturated carbocycles. The lowest BCUT2D eigenvalue weighted by atomic mass is 10.0. The van der Waals surface area contributed by atoms with Crippen molar-refractivity contribution >= 4 is 49.0 Å². The van der Waals surface area contributed by atoms with E-state index in [0.29, 0.717) is 18.4 Å². The van der Waals surface area contributed by atoms with Crippen molar-refractivity contribution < 1.29 is 31.1 Å². The number of hydrogen-bond donors (Lipinski definition) is 2. The van der Waals surface area contributed by atoms with Crippen molar-refractivity contribution in [2.24, 2.45) is 0 Å². The van der Waals surface area contributed by atoms with Crippen molar-refractivity contribution in [1.82, 2.24) is 0 Å². The van der Waals surface area contributed by atoms with Crippen molar-refractivity contribution in [3.63, 3.8) is 0 Å². The van der Waals surface area contributed by atoms with Crippen LogP contribution < -0.4 is 9.03 Å². The van der Waals surface area contributed by atoms with Gasteiger partial charge in [0.05, 0.1) is 22.0 Å². The first-order chi connectivity index (χ1) is 16.0. The summed E-state index contributed by atoms with van der Waals surface area (Å²) in [5.74, 6) is -2.49. The summed E-state index contributed by atoms with van der Waals surface area (Å²) in [5.41, 5.74) is 0.479. The van der Waals surface area contributed by atoms with Crippen LogP contribution in [0, 0.1) is 5.82 Å². The molecule has 0 aromatic heterocycles. The molecule has 4 rings (SSSR count). The minimum atomic E-state index is -4.37. The smallest absolute Gasteiger partial charge is 0.337 e. The zero-order valence-electron chi connectivity index (χ0n) is 17.4. The van der Waals surface area contributed by atoms with Gasteiger partial charge in [-0.1, -0.05) is 35.9 Å². The highest BCUT2D eigenvalue weighted by Crippen LogP contribution is 2.35. The molecular weight excluding hydrogens is 507 g/mol. The van der Waals surface area contributed by atoms with Crippen molar-refractivity contribution in [3.05, 3.63) is 82.6 Å². The summed E-state index contributed by atoms with van der Waals surface area (Å²) in [6, 6.07) is 13.2. The van der Waals surface area contributed by atoms with E-state index in [1.54, 1.807) is 6.07 Å². The Balaban J connectivity index is 1.76. The highest BCUT2D eigenvalue weighted by molar-refractivity contribution is 7.93. The zero-order chi connectivity index (χ0) is 24.7. The van der Waals surface area contributed by atoms with Gasteiger partial charge in [0, 0.05) is 6.54 Å². The molecule has 0 spiro atoms. The van der Waals surface area contributed by atoms with Crippen molar-refractivity contribution in [1.29, 1.82) is 0 Å². The molecule has 0 amide bonds. The van der Waals surface area contributed by atoms with E-state index < -0.39 is 36.7 Å². The lowest BCUT2D eigenvalue weighted by Gasteiger charge is -2.31. The number of carboxylic acid groups (broad SMARTS) is 1. The fourth-order valence-electron chi connectivity index (χ4n) is 3.74. The number of benzene rings is 3. The fraction of sp³-hybridized carbons (Fsp3) is 0.136. The van der Waals surface area contributed by atoms with E-state index in [4.69, 9.17) is 11.6 Å². The number of fused-ring (bicyclic) bond motifs is 1. The Kier molecular flexibility index (Phi) is 6.28. The number of halogens is 2. The van der Waals surface area contributed by atoms with Crippen molar-refractivity contribution in [2.75, 3.05) is 15.6 Å². The van der Waals surface area contributed by atoms with Crippen LogP contribution in [0.3, 0.4) is 0 Å². The van der Waals surface area contributed by atoms with E-state index in [9.17, 15) is 31.1 Å². The summed E-state index contributed by atoms with van der Waals surface area (Å²) >= 11 is 5.70. The molecule has 0 radical (unpaired) electrons. The third-order valence-electron chi connectivity index (χ3n) is 5.30. The van der Waals surface area contributed by atoms with Gasteiger partial charge in [-0.2, -0.15) is 0 Å². The number of anilines is 2. The van der Waals surface area contributed by atoms with Crippen LogP contribution in [0.1, 0.15) is 22.3 Å². The molecular formula is C22H18ClFN2O6S2. The maximum atomic E-state index is 14.3. The predicted octanol–water partition coefficient (Wildman–Crippen LogP) is 4.12. The molecule has 1 aliphatic heterocycles. The van der Waals surface area contributed by atoms with Gasteiger partial charge in [-0.15, -0.1) is 0 Å². The van der Waals surface area contributed by atoms with E-state index in [1.807, 2.05) is 0 Å². The van der Waals surface area contributed by atoms with Gasteiger partial charge in [0.2, 0.25) is 0 Å². The molecule has 8 nitrogen and oxygen atoms in total.